The Morgan fingerprint density at radius 2 is 1.96 bits per heavy atom. The first-order chi connectivity index (χ1) is 13.4. The summed E-state index contributed by atoms with van der Waals surface area (Å²) in [6.07, 6.45) is 2.75. The summed E-state index contributed by atoms with van der Waals surface area (Å²) >= 11 is 6.78. The number of esters is 1. The molecule has 1 aromatic carbocycles. The average Bonchev–Trinajstić information content (AvgIpc) is 3.21. The molecule has 28 heavy (non-hydrogen) atoms. The van der Waals surface area contributed by atoms with Gasteiger partial charge in [-0.05, 0) is 63.0 Å². The predicted molar refractivity (Wildman–Crippen MR) is 114 cm³/mol. The van der Waals surface area contributed by atoms with Gasteiger partial charge in [-0.15, -0.1) is 11.3 Å². The van der Waals surface area contributed by atoms with Gasteiger partial charge in [0.25, 0.3) is 5.91 Å². The van der Waals surface area contributed by atoms with Gasteiger partial charge in [0, 0.05) is 4.88 Å². The van der Waals surface area contributed by atoms with E-state index in [9.17, 15) is 9.59 Å². The van der Waals surface area contributed by atoms with Crippen molar-refractivity contribution in [1.82, 2.24) is 5.32 Å². The number of thiophene rings is 1. The van der Waals surface area contributed by atoms with Gasteiger partial charge in [-0.1, -0.05) is 12.1 Å². The molecule has 0 fully saturated rings. The molecule has 8 heteroatoms. The van der Waals surface area contributed by atoms with Crippen molar-refractivity contribution in [1.29, 1.82) is 0 Å². The molecule has 1 amide bonds. The van der Waals surface area contributed by atoms with Crippen LogP contribution in [-0.2, 0) is 17.6 Å². The minimum atomic E-state index is -0.397. The lowest BCUT2D eigenvalue weighted by Crippen LogP contribution is -2.34. The van der Waals surface area contributed by atoms with E-state index in [4.69, 9.17) is 21.7 Å². The van der Waals surface area contributed by atoms with Crippen LogP contribution in [0.15, 0.2) is 24.3 Å². The van der Waals surface area contributed by atoms with Gasteiger partial charge in [0.2, 0.25) is 0 Å². The molecule has 0 radical (unpaired) electrons. The zero-order chi connectivity index (χ0) is 20.3. The third kappa shape index (κ3) is 4.34. The maximum Gasteiger partial charge on any atom is 0.341 e. The number of carbonyl (C=O) groups is 2. The van der Waals surface area contributed by atoms with Gasteiger partial charge in [0.05, 0.1) is 24.3 Å². The van der Waals surface area contributed by atoms with E-state index >= 15 is 0 Å². The quantitative estimate of drug-likeness (QED) is 0.566. The molecule has 0 unspecified atom stereocenters. The number of ether oxygens (including phenoxy) is 2. The Morgan fingerprint density at radius 1 is 1.21 bits per heavy atom. The van der Waals surface area contributed by atoms with Crippen LogP contribution in [0.4, 0.5) is 5.00 Å². The number of amides is 1. The fourth-order valence-electron chi connectivity index (χ4n) is 3.13. The molecule has 2 aromatic rings. The van der Waals surface area contributed by atoms with Crippen LogP contribution in [0, 0.1) is 0 Å². The highest BCUT2D eigenvalue weighted by molar-refractivity contribution is 7.80. The fourth-order valence-corrected chi connectivity index (χ4v) is 4.67. The normalized spacial score (nSPS) is 12.4. The number of benzene rings is 1. The van der Waals surface area contributed by atoms with Crippen molar-refractivity contribution in [3.63, 3.8) is 0 Å². The number of anilines is 1. The molecule has 0 bridgehead atoms. The lowest BCUT2D eigenvalue weighted by atomic mass is 10.1. The van der Waals surface area contributed by atoms with E-state index in [-0.39, 0.29) is 17.1 Å². The number of carbonyl (C=O) groups excluding carboxylic acids is 2. The molecule has 0 aliphatic heterocycles. The first-order valence-corrected chi connectivity index (χ1v) is 10.2. The fraction of sp³-hybridized carbons (Fsp3) is 0.350. The van der Waals surface area contributed by atoms with Gasteiger partial charge in [0.15, 0.2) is 5.11 Å². The molecule has 0 atom stereocenters. The molecule has 3 rings (SSSR count). The van der Waals surface area contributed by atoms with Crippen LogP contribution in [0.3, 0.4) is 0 Å². The summed E-state index contributed by atoms with van der Waals surface area (Å²) in [7, 11) is 1.36. The third-order valence-electron chi connectivity index (χ3n) is 4.26. The van der Waals surface area contributed by atoms with Crippen LogP contribution in [0.1, 0.15) is 51.4 Å². The lowest BCUT2D eigenvalue weighted by molar-refractivity contribution is 0.0601. The number of methoxy groups -OCH3 is 1. The van der Waals surface area contributed by atoms with E-state index in [0.717, 1.165) is 29.7 Å². The molecule has 1 aromatic heterocycles. The second-order valence-corrected chi connectivity index (χ2v) is 8.14. The molecular weight excluding hydrogens is 396 g/mol. The number of fused-ring (bicyclic) bond motifs is 1. The molecule has 2 N–H and O–H groups in total. The summed E-state index contributed by atoms with van der Waals surface area (Å²) in [5, 5.41) is 6.38. The highest BCUT2D eigenvalue weighted by Gasteiger charge is 2.28. The Bertz CT molecular complexity index is 921. The van der Waals surface area contributed by atoms with E-state index in [0.29, 0.717) is 21.9 Å². The highest BCUT2D eigenvalue weighted by atomic mass is 32.1. The minimum absolute atomic E-state index is 0.0601. The third-order valence-corrected chi connectivity index (χ3v) is 5.67. The number of aryl methyl sites for hydroxylation is 1. The Balaban J connectivity index is 1.75. The molecule has 0 spiro atoms. The summed E-state index contributed by atoms with van der Waals surface area (Å²) in [5.74, 6) is -0.285. The van der Waals surface area contributed by atoms with Crippen molar-refractivity contribution in [2.24, 2.45) is 0 Å². The summed E-state index contributed by atoms with van der Waals surface area (Å²) < 4.78 is 10.6. The largest absolute Gasteiger partial charge is 0.490 e. The van der Waals surface area contributed by atoms with E-state index < -0.39 is 5.97 Å². The lowest BCUT2D eigenvalue weighted by Gasteiger charge is -2.15. The van der Waals surface area contributed by atoms with Gasteiger partial charge in [-0.3, -0.25) is 10.1 Å². The van der Waals surface area contributed by atoms with Gasteiger partial charge in [-0.25, -0.2) is 4.79 Å². The van der Waals surface area contributed by atoms with Crippen molar-refractivity contribution in [2.45, 2.75) is 39.2 Å². The monoisotopic (exact) mass is 418 g/mol. The summed E-state index contributed by atoms with van der Waals surface area (Å²) in [6, 6.07) is 6.98. The van der Waals surface area contributed by atoms with Gasteiger partial charge in [-0.2, -0.15) is 0 Å². The highest BCUT2D eigenvalue weighted by Crippen LogP contribution is 2.39. The van der Waals surface area contributed by atoms with Crippen molar-refractivity contribution in [3.05, 3.63) is 45.8 Å². The molecule has 0 saturated carbocycles. The number of rotatable bonds is 5. The number of hydrogen-bond acceptors (Lipinski definition) is 6. The molecule has 148 valence electrons. The van der Waals surface area contributed by atoms with Crippen molar-refractivity contribution >= 4 is 45.5 Å². The number of nitrogens with one attached hydrogen (secondary N) is 2. The van der Waals surface area contributed by atoms with E-state index in [2.05, 4.69) is 10.6 Å². The Kier molecular flexibility index (Phi) is 6.31. The van der Waals surface area contributed by atoms with Crippen LogP contribution < -0.4 is 15.4 Å². The van der Waals surface area contributed by atoms with E-state index in [1.54, 1.807) is 24.3 Å². The summed E-state index contributed by atoms with van der Waals surface area (Å²) in [4.78, 5) is 26.0. The SMILES string of the molecule is COC(=O)c1c(NC(=S)NC(=O)c2ccccc2OC(C)C)sc2c1CCC2. The maximum atomic E-state index is 12.7. The van der Waals surface area contributed by atoms with Crippen molar-refractivity contribution < 1.29 is 19.1 Å². The number of thiocarbonyl (C=S) groups is 1. The number of hydrogen-bond donors (Lipinski definition) is 2. The summed E-state index contributed by atoms with van der Waals surface area (Å²) in [6.45, 7) is 3.79. The molecule has 6 nitrogen and oxygen atoms in total. The van der Waals surface area contributed by atoms with Gasteiger partial charge < -0.3 is 14.8 Å². The van der Waals surface area contributed by atoms with Crippen LogP contribution in [-0.4, -0.2) is 30.2 Å². The van der Waals surface area contributed by atoms with Gasteiger partial charge in [0.1, 0.15) is 10.8 Å². The number of para-hydroxylation sites is 1. The average molecular weight is 419 g/mol. The second kappa shape index (κ2) is 8.70. The first-order valence-electron chi connectivity index (χ1n) is 9.01. The summed E-state index contributed by atoms with van der Waals surface area (Å²) in [5.41, 5.74) is 1.92. The van der Waals surface area contributed by atoms with Crippen molar-refractivity contribution in [3.8, 4) is 5.75 Å². The molecular formula is C20H22N2O4S2. The van der Waals surface area contributed by atoms with Crippen LogP contribution >= 0.6 is 23.6 Å². The Hall–Kier alpha value is -2.45. The predicted octanol–water partition coefficient (Wildman–Crippen LogP) is 3.94. The van der Waals surface area contributed by atoms with Gasteiger partial charge >= 0.3 is 5.97 Å². The topological polar surface area (TPSA) is 76.7 Å². The van der Waals surface area contributed by atoms with Crippen LogP contribution in [0.2, 0.25) is 0 Å². The molecule has 1 aliphatic rings. The van der Waals surface area contributed by atoms with Crippen LogP contribution in [0.25, 0.3) is 0 Å². The Labute approximate surface area is 173 Å². The standard InChI is InChI=1S/C20H22N2O4S2/c1-11(2)26-14-9-5-4-7-12(14)17(23)21-20(27)22-18-16(19(24)25-3)13-8-6-10-15(13)28-18/h4-5,7,9,11H,6,8,10H2,1-3H3,(H2,21,22,23,27). The molecule has 1 aliphatic carbocycles. The zero-order valence-electron chi connectivity index (χ0n) is 16.0. The Morgan fingerprint density at radius 3 is 2.68 bits per heavy atom. The molecule has 0 saturated heterocycles. The van der Waals surface area contributed by atoms with Crippen molar-refractivity contribution in [2.75, 3.05) is 12.4 Å². The zero-order valence-corrected chi connectivity index (χ0v) is 17.6. The molecule has 1 heterocycles. The minimum Gasteiger partial charge on any atom is -0.490 e. The first kappa shape index (κ1) is 20.3. The second-order valence-electron chi connectivity index (χ2n) is 6.62. The van der Waals surface area contributed by atoms with E-state index in [1.165, 1.54) is 18.4 Å². The van der Waals surface area contributed by atoms with Crippen LogP contribution in [0.5, 0.6) is 5.75 Å². The maximum absolute atomic E-state index is 12.7. The van der Waals surface area contributed by atoms with E-state index in [1.807, 2.05) is 13.8 Å². The smallest absolute Gasteiger partial charge is 0.341 e.